The van der Waals surface area contributed by atoms with Crippen LogP contribution >= 0.6 is 0 Å². The van der Waals surface area contributed by atoms with Gasteiger partial charge in [0.25, 0.3) is 0 Å². The molecule has 1 aromatic heterocycles. The zero-order chi connectivity index (χ0) is 13.2. The number of carboxylic acid groups (broad SMARTS) is 1. The molecule has 0 saturated carbocycles. The summed E-state index contributed by atoms with van der Waals surface area (Å²) < 4.78 is 0. The minimum atomic E-state index is -0.938. The molecule has 3 heteroatoms. The van der Waals surface area contributed by atoms with Crippen molar-refractivity contribution in [3.05, 3.63) is 64.5 Å². The number of carboxylic acids is 1. The van der Waals surface area contributed by atoms with E-state index in [2.05, 4.69) is 29.2 Å². The zero-order valence-electron chi connectivity index (χ0n) is 10.6. The van der Waals surface area contributed by atoms with E-state index in [1.807, 2.05) is 6.07 Å². The molecule has 2 aromatic rings. The van der Waals surface area contributed by atoms with Crippen LogP contribution in [-0.4, -0.2) is 16.1 Å². The summed E-state index contributed by atoms with van der Waals surface area (Å²) in [6, 6.07) is 10.5. The zero-order valence-corrected chi connectivity index (χ0v) is 10.6. The number of hydrogen-bond acceptors (Lipinski definition) is 2. The molecule has 0 fully saturated rings. The summed E-state index contributed by atoms with van der Waals surface area (Å²) in [5, 5.41) is 9.18. The second-order valence-corrected chi connectivity index (χ2v) is 4.98. The number of aromatic carboxylic acids is 1. The third kappa shape index (κ3) is 2.50. The number of rotatable bonds is 1. The predicted octanol–water partition coefficient (Wildman–Crippen LogP) is 2.66. The molecule has 1 N–H and O–H groups in total. The molecule has 19 heavy (non-hydrogen) atoms. The Hall–Kier alpha value is -2.16. The Morgan fingerprint density at radius 2 is 1.68 bits per heavy atom. The van der Waals surface area contributed by atoms with Gasteiger partial charge < -0.3 is 5.11 Å². The van der Waals surface area contributed by atoms with Crippen LogP contribution in [0.2, 0.25) is 0 Å². The summed E-state index contributed by atoms with van der Waals surface area (Å²) in [7, 11) is 0. The monoisotopic (exact) mass is 253 g/mol. The number of aryl methyl sites for hydroxylation is 4. The van der Waals surface area contributed by atoms with Crippen LogP contribution in [0.4, 0.5) is 0 Å². The van der Waals surface area contributed by atoms with Gasteiger partial charge >= 0.3 is 5.97 Å². The van der Waals surface area contributed by atoms with Crippen molar-refractivity contribution < 1.29 is 9.90 Å². The highest BCUT2D eigenvalue weighted by Crippen LogP contribution is 2.18. The van der Waals surface area contributed by atoms with Crippen molar-refractivity contribution in [2.45, 2.75) is 25.7 Å². The van der Waals surface area contributed by atoms with E-state index in [-0.39, 0.29) is 5.69 Å². The standard InChI is InChI=1S/C16H15NO2/c18-16(19)15-14-7-6-12-3-1-2-11(8-12)4-5-13(9-14)10-17-15/h1-3,8-10H,4-7H2,(H,18,19). The number of hydrogen-bond donors (Lipinski definition) is 1. The summed E-state index contributed by atoms with van der Waals surface area (Å²) in [5.41, 5.74) is 4.76. The van der Waals surface area contributed by atoms with E-state index >= 15 is 0 Å². The van der Waals surface area contributed by atoms with Gasteiger partial charge in [-0.25, -0.2) is 9.78 Å². The van der Waals surface area contributed by atoms with Gasteiger partial charge in [0.05, 0.1) is 0 Å². The predicted molar refractivity (Wildman–Crippen MR) is 72.5 cm³/mol. The first-order valence-electron chi connectivity index (χ1n) is 6.51. The average Bonchev–Trinajstić information content (AvgIpc) is 2.42. The molecule has 1 heterocycles. The summed E-state index contributed by atoms with van der Waals surface area (Å²) in [5.74, 6) is -0.938. The Kier molecular flexibility index (Phi) is 3.03. The van der Waals surface area contributed by atoms with Crippen LogP contribution in [0.15, 0.2) is 36.5 Å². The molecule has 0 saturated heterocycles. The van der Waals surface area contributed by atoms with Gasteiger partial charge in [0.15, 0.2) is 5.69 Å². The van der Waals surface area contributed by atoms with Crippen LogP contribution in [0, 0.1) is 0 Å². The fraction of sp³-hybridized carbons (Fsp3) is 0.250. The molecular formula is C16H15NO2. The average molecular weight is 253 g/mol. The van der Waals surface area contributed by atoms with E-state index in [1.54, 1.807) is 6.20 Å². The molecule has 0 amide bonds. The second-order valence-electron chi connectivity index (χ2n) is 4.98. The molecule has 3 nitrogen and oxygen atoms in total. The molecule has 0 radical (unpaired) electrons. The lowest BCUT2D eigenvalue weighted by Gasteiger charge is -2.12. The number of carbonyl (C=O) groups is 1. The van der Waals surface area contributed by atoms with Crippen LogP contribution in [0.3, 0.4) is 0 Å². The van der Waals surface area contributed by atoms with Crippen LogP contribution in [0.1, 0.15) is 32.7 Å². The first-order valence-corrected chi connectivity index (χ1v) is 6.51. The quantitative estimate of drug-likeness (QED) is 0.850. The maximum absolute atomic E-state index is 11.2. The maximum atomic E-state index is 11.2. The highest BCUT2D eigenvalue weighted by Gasteiger charge is 2.14. The Morgan fingerprint density at radius 1 is 1.00 bits per heavy atom. The largest absolute Gasteiger partial charge is 0.477 e. The smallest absolute Gasteiger partial charge is 0.354 e. The van der Waals surface area contributed by atoms with Crippen molar-refractivity contribution in [3.63, 3.8) is 0 Å². The van der Waals surface area contributed by atoms with Gasteiger partial charge in [-0.2, -0.15) is 0 Å². The number of pyridine rings is 1. The minimum absolute atomic E-state index is 0.195. The van der Waals surface area contributed by atoms with Gasteiger partial charge in [-0.3, -0.25) is 0 Å². The molecule has 4 bridgehead atoms. The highest BCUT2D eigenvalue weighted by molar-refractivity contribution is 5.87. The van der Waals surface area contributed by atoms with Gasteiger partial charge in [-0.1, -0.05) is 30.3 Å². The third-order valence-electron chi connectivity index (χ3n) is 3.60. The summed E-state index contributed by atoms with van der Waals surface area (Å²) >= 11 is 0. The molecule has 0 spiro atoms. The van der Waals surface area contributed by atoms with Gasteiger partial charge in [-0.15, -0.1) is 0 Å². The fourth-order valence-corrected chi connectivity index (χ4v) is 2.59. The van der Waals surface area contributed by atoms with Crippen molar-refractivity contribution >= 4 is 5.97 Å². The van der Waals surface area contributed by atoms with Crippen LogP contribution in [0.25, 0.3) is 0 Å². The van der Waals surface area contributed by atoms with Crippen molar-refractivity contribution in [3.8, 4) is 0 Å². The first-order chi connectivity index (χ1) is 9.22. The van der Waals surface area contributed by atoms with Gasteiger partial charge in [0.2, 0.25) is 0 Å². The fourth-order valence-electron chi connectivity index (χ4n) is 2.59. The molecule has 0 aliphatic heterocycles. The number of benzene rings is 1. The Bertz CT molecular complexity index is 634. The number of nitrogens with zero attached hydrogens (tertiary/aromatic N) is 1. The Balaban J connectivity index is 2.01. The highest BCUT2D eigenvalue weighted by atomic mass is 16.4. The van der Waals surface area contributed by atoms with Crippen LogP contribution < -0.4 is 0 Å². The van der Waals surface area contributed by atoms with Gasteiger partial charge in [-0.05, 0) is 47.9 Å². The minimum Gasteiger partial charge on any atom is -0.477 e. The van der Waals surface area contributed by atoms with Crippen molar-refractivity contribution in [2.75, 3.05) is 0 Å². The lowest BCUT2D eigenvalue weighted by atomic mass is 9.95. The molecule has 1 aliphatic rings. The number of aromatic nitrogens is 1. The van der Waals surface area contributed by atoms with E-state index in [0.717, 1.165) is 36.8 Å². The Labute approximate surface area is 111 Å². The van der Waals surface area contributed by atoms with Crippen LogP contribution in [-0.2, 0) is 25.7 Å². The Morgan fingerprint density at radius 3 is 2.42 bits per heavy atom. The van der Waals surface area contributed by atoms with E-state index in [1.165, 1.54) is 11.1 Å². The van der Waals surface area contributed by atoms with Crippen molar-refractivity contribution in [2.24, 2.45) is 0 Å². The molecular weight excluding hydrogens is 238 g/mol. The van der Waals surface area contributed by atoms with Crippen molar-refractivity contribution in [1.29, 1.82) is 0 Å². The van der Waals surface area contributed by atoms with Gasteiger partial charge in [0.1, 0.15) is 0 Å². The van der Waals surface area contributed by atoms with E-state index in [9.17, 15) is 9.90 Å². The molecule has 0 atom stereocenters. The molecule has 3 rings (SSSR count). The summed E-state index contributed by atoms with van der Waals surface area (Å²) in [4.78, 5) is 15.3. The van der Waals surface area contributed by atoms with Crippen molar-refractivity contribution in [1.82, 2.24) is 4.98 Å². The molecule has 1 aromatic carbocycles. The van der Waals surface area contributed by atoms with Crippen LogP contribution in [0.5, 0.6) is 0 Å². The topological polar surface area (TPSA) is 50.2 Å². The second kappa shape index (κ2) is 4.84. The summed E-state index contributed by atoms with van der Waals surface area (Å²) in [6.07, 6.45) is 5.16. The summed E-state index contributed by atoms with van der Waals surface area (Å²) in [6.45, 7) is 0. The lowest BCUT2D eigenvalue weighted by molar-refractivity contribution is 0.0689. The SMILES string of the molecule is O=C(O)c1ncc2cc1CCc1cccc(c1)CC2. The lowest BCUT2D eigenvalue weighted by Crippen LogP contribution is -2.09. The van der Waals surface area contributed by atoms with E-state index < -0.39 is 5.97 Å². The molecule has 96 valence electrons. The maximum Gasteiger partial charge on any atom is 0.354 e. The van der Waals surface area contributed by atoms with E-state index in [4.69, 9.17) is 0 Å². The first kappa shape index (κ1) is 11.9. The molecule has 1 aliphatic carbocycles. The van der Waals surface area contributed by atoms with E-state index in [0.29, 0.717) is 0 Å². The molecule has 0 unspecified atom stereocenters. The third-order valence-corrected chi connectivity index (χ3v) is 3.60. The normalized spacial score (nSPS) is 13.9. The van der Waals surface area contributed by atoms with Gasteiger partial charge in [0, 0.05) is 6.20 Å². The number of fused-ring (bicyclic) bond motifs is 4.